The van der Waals surface area contributed by atoms with E-state index in [1.54, 1.807) is 0 Å². The lowest BCUT2D eigenvalue weighted by molar-refractivity contribution is 0.428. The topological polar surface area (TPSA) is 40.5 Å². The Morgan fingerprint density at radius 3 is 2.57 bits per heavy atom. The number of benzene rings is 1. The monoisotopic (exact) mass is 326 g/mol. The highest BCUT2D eigenvalue weighted by Gasteiger charge is 2.11. The van der Waals surface area contributed by atoms with Crippen LogP contribution in [0, 0.1) is 0 Å². The van der Waals surface area contributed by atoms with Crippen molar-refractivity contribution in [2.45, 2.75) is 32.6 Å². The summed E-state index contributed by atoms with van der Waals surface area (Å²) in [6.45, 7) is 4.00. The summed E-state index contributed by atoms with van der Waals surface area (Å²) in [5.74, 6) is 0. The highest BCUT2D eigenvalue weighted by atomic mass is 32.1. The number of rotatable bonds is 2. The van der Waals surface area contributed by atoms with Crippen molar-refractivity contribution in [3.63, 3.8) is 0 Å². The third-order valence-corrected chi connectivity index (χ3v) is 4.56. The lowest BCUT2D eigenvalue weighted by atomic mass is 10.1. The number of nitrogens with zero attached hydrogens (tertiary/aromatic N) is 3. The number of nitrogens with one attached hydrogen (secondary N) is 1. The first-order valence-corrected chi connectivity index (χ1v) is 8.59. The highest BCUT2D eigenvalue weighted by Crippen LogP contribution is 2.14. The smallest absolute Gasteiger partial charge is 0.189 e. The quantitative estimate of drug-likeness (QED) is 0.519. The molecule has 0 amide bonds. The Kier molecular flexibility index (Phi) is 5.18. The molecule has 5 heteroatoms. The number of hydrogen-bond donors (Lipinski definition) is 1. The van der Waals surface area contributed by atoms with Gasteiger partial charge >= 0.3 is 0 Å². The lowest BCUT2D eigenvalue weighted by Crippen LogP contribution is -2.38. The van der Waals surface area contributed by atoms with E-state index in [0.29, 0.717) is 5.11 Å². The van der Waals surface area contributed by atoms with Crippen molar-refractivity contribution >= 4 is 33.8 Å². The van der Waals surface area contributed by atoms with E-state index in [1.807, 2.05) is 25.3 Å². The molecule has 1 aliphatic rings. The summed E-state index contributed by atoms with van der Waals surface area (Å²) in [5, 5.41) is 7.45. The Morgan fingerprint density at radius 2 is 1.83 bits per heavy atom. The molecule has 1 N–H and O–H groups in total. The Labute approximate surface area is 142 Å². The van der Waals surface area contributed by atoms with Gasteiger partial charge in [0.15, 0.2) is 5.11 Å². The van der Waals surface area contributed by atoms with Crippen LogP contribution >= 0.6 is 12.2 Å². The summed E-state index contributed by atoms with van der Waals surface area (Å²) in [5.41, 5.74) is 4.74. The maximum Gasteiger partial charge on any atom is 0.189 e. The maximum absolute atomic E-state index is 5.47. The summed E-state index contributed by atoms with van der Waals surface area (Å²) in [6.07, 6.45) is 6.88. The molecular weight excluding hydrogens is 304 g/mol. The van der Waals surface area contributed by atoms with Crippen LogP contribution in [0.2, 0.25) is 0 Å². The molecule has 1 aromatic carbocycles. The van der Waals surface area contributed by atoms with Crippen LogP contribution < -0.4 is 5.43 Å². The molecule has 0 aliphatic carbocycles. The fourth-order valence-electron chi connectivity index (χ4n) is 2.81. The zero-order valence-electron chi connectivity index (χ0n) is 13.5. The molecule has 0 atom stereocenters. The molecule has 0 bridgehead atoms. The average Bonchev–Trinajstić information content (AvgIpc) is 2.88. The van der Waals surface area contributed by atoms with E-state index in [1.165, 1.54) is 31.1 Å². The van der Waals surface area contributed by atoms with Crippen molar-refractivity contribution < 1.29 is 0 Å². The van der Waals surface area contributed by atoms with E-state index in [2.05, 4.69) is 38.6 Å². The van der Waals surface area contributed by atoms with Gasteiger partial charge in [-0.2, -0.15) is 5.10 Å². The standard InChI is InChI=1S/C18H22N4S/c1-14(17-12-15-8-4-5-9-16(15)13-19-17)20-21-18(23)22-10-6-2-3-7-11-22/h4-5,8-9,12-13H,2-3,6-7,10-11H2,1H3,(H,21,23)/b20-14+. The van der Waals surface area contributed by atoms with Crippen LogP contribution in [0.15, 0.2) is 41.6 Å². The molecule has 0 unspecified atom stereocenters. The Morgan fingerprint density at radius 1 is 1.13 bits per heavy atom. The number of likely N-dealkylation sites (tertiary alicyclic amines) is 1. The average molecular weight is 326 g/mol. The number of pyridine rings is 1. The van der Waals surface area contributed by atoms with Gasteiger partial charge in [0, 0.05) is 24.7 Å². The van der Waals surface area contributed by atoms with Crippen molar-refractivity contribution in [2.24, 2.45) is 5.10 Å². The van der Waals surface area contributed by atoms with Crippen LogP contribution in [0.5, 0.6) is 0 Å². The van der Waals surface area contributed by atoms with Crippen molar-refractivity contribution in [1.29, 1.82) is 0 Å². The van der Waals surface area contributed by atoms with Crippen molar-refractivity contribution in [3.8, 4) is 0 Å². The van der Waals surface area contributed by atoms with Crippen molar-refractivity contribution in [1.82, 2.24) is 15.3 Å². The van der Waals surface area contributed by atoms with Gasteiger partial charge in [0.1, 0.15) is 0 Å². The maximum atomic E-state index is 5.47. The Hall–Kier alpha value is -2.01. The van der Waals surface area contributed by atoms with Gasteiger partial charge in [0.25, 0.3) is 0 Å². The molecule has 0 radical (unpaired) electrons. The minimum Gasteiger partial charge on any atom is -0.348 e. The molecule has 1 aliphatic heterocycles. The van der Waals surface area contributed by atoms with E-state index < -0.39 is 0 Å². The van der Waals surface area contributed by atoms with Gasteiger partial charge in [0.2, 0.25) is 0 Å². The number of hydrogen-bond acceptors (Lipinski definition) is 3. The Bertz CT molecular complexity index is 718. The van der Waals surface area contributed by atoms with Crippen LogP contribution in [0.4, 0.5) is 0 Å². The summed E-state index contributed by atoms with van der Waals surface area (Å²) in [7, 11) is 0. The van der Waals surface area contributed by atoms with E-state index in [-0.39, 0.29) is 0 Å². The van der Waals surface area contributed by atoms with E-state index in [0.717, 1.165) is 29.9 Å². The SMILES string of the molecule is C/C(=N\NC(=S)N1CCCCCC1)c1cc2ccccc2cn1. The van der Waals surface area contributed by atoms with Crippen LogP contribution in [-0.4, -0.2) is 33.8 Å². The minimum absolute atomic E-state index is 0.715. The predicted octanol–water partition coefficient (Wildman–Crippen LogP) is 3.71. The van der Waals surface area contributed by atoms with Gasteiger partial charge in [-0.15, -0.1) is 0 Å². The zero-order chi connectivity index (χ0) is 16.1. The van der Waals surface area contributed by atoms with Crippen LogP contribution in [0.1, 0.15) is 38.3 Å². The van der Waals surface area contributed by atoms with Crippen LogP contribution in [0.25, 0.3) is 10.8 Å². The fraction of sp³-hybridized carbons (Fsp3) is 0.389. The van der Waals surface area contributed by atoms with Gasteiger partial charge < -0.3 is 4.90 Å². The summed E-state index contributed by atoms with van der Waals surface area (Å²) < 4.78 is 0. The molecule has 4 nitrogen and oxygen atoms in total. The highest BCUT2D eigenvalue weighted by molar-refractivity contribution is 7.80. The first-order chi connectivity index (χ1) is 11.2. The fourth-order valence-corrected chi connectivity index (χ4v) is 3.04. The Balaban J connectivity index is 1.69. The number of thiocarbonyl (C=S) groups is 1. The predicted molar refractivity (Wildman–Crippen MR) is 99.7 cm³/mol. The summed E-state index contributed by atoms with van der Waals surface area (Å²) in [6, 6.07) is 10.3. The van der Waals surface area contributed by atoms with Gasteiger partial charge in [-0.1, -0.05) is 37.1 Å². The molecule has 2 aromatic rings. The van der Waals surface area contributed by atoms with Crippen molar-refractivity contribution in [2.75, 3.05) is 13.1 Å². The molecular formula is C18H22N4S. The second kappa shape index (κ2) is 7.51. The van der Waals surface area contributed by atoms with Crippen LogP contribution in [0.3, 0.4) is 0 Å². The number of hydrazone groups is 1. The van der Waals surface area contributed by atoms with E-state index in [4.69, 9.17) is 12.2 Å². The molecule has 2 heterocycles. The van der Waals surface area contributed by atoms with Gasteiger partial charge in [0.05, 0.1) is 11.4 Å². The lowest BCUT2D eigenvalue weighted by Gasteiger charge is -2.22. The van der Waals surface area contributed by atoms with E-state index >= 15 is 0 Å². The van der Waals surface area contributed by atoms with Gasteiger partial charge in [-0.05, 0) is 43.4 Å². The van der Waals surface area contributed by atoms with Gasteiger partial charge in [-0.3, -0.25) is 10.4 Å². The third-order valence-electron chi connectivity index (χ3n) is 4.21. The molecule has 1 fully saturated rings. The molecule has 3 rings (SSSR count). The summed E-state index contributed by atoms with van der Waals surface area (Å²) in [4.78, 5) is 6.70. The minimum atomic E-state index is 0.715. The molecule has 0 spiro atoms. The van der Waals surface area contributed by atoms with Gasteiger partial charge in [-0.25, -0.2) is 0 Å². The third kappa shape index (κ3) is 4.05. The second-order valence-electron chi connectivity index (χ2n) is 5.93. The van der Waals surface area contributed by atoms with E-state index in [9.17, 15) is 0 Å². The second-order valence-corrected chi connectivity index (χ2v) is 6.32. The van der Waals surface area contributed by atoms with Crippen molar-refractivity contribution in [3.05, 3.63) is 42.2 Å². The summed E-state index contributed by atoms with van der Waals surface area (Å²) >= 11 is 5.47. The van der Waals surface area contributed by atoms with Crippen LogP contribution in [-0.2, 0) is 0 Å². The largest absolute Gasteiger partial charge is 0.348 e. The first-order valence-electron chi connectivity index (χ1n) is 8.18. The normalized spacial score (nSPS) is 16.2. The molecule has 23 heavy (non-hydrogen) atoms. The number of fused-ring (bicyclic) bond motifs is 1. The first kappa shape index (κ1) is 15.9. The molecule has 1 saturated heterocycles. The molecule has 0 saturated carbocycles. The number of aromatic nitrogens is 1. The zero-order valence-corrected chi connectivity index (χ0v) is 14.3. The molecule has 1 aromatic heterocycles. The molecule has 120 valence electrons.